The Labute approximate surface area is 174 Å². The molecule has 2 heterocycles. The molecule has 31 heavy (non-hydrogen) atoms. The van der Waals surface area contributed by atoms with Crippen LogP contribution in [0.5, 0.6) is 0 Å². The van der Waals surface area contributed by atoms with Gasteiger partial charge in [0.25, 0.3) is 0 Å². The van der Waals surface area contributed by atoms with Crippen molar-refractivity contribution in [1.82, 2.24) is 9.78 Å². The third-order valence-electron chi connectivity index (χ3n) is 4.95. The zero-order chi connectivity index (χ0) is 22.2. The smallest absolute Gasteiger partial charge is 0.326 e. The van der Waals surface area contributed by atoms with Crippen molar-refractivity contribution in [1.29, 1.82) is 0 Å². The van der Waals surface area contributed by atoms with E-state index in [9.17, 15) is 27.2 Å². The monoisotopic (exact) mass is 432 g/mol. The normalized spacial score (nSPS) is 16.6. The molecule has 6 nitrogen and oxygen atoms in total. The highest BCUT2D eigenvalue weighted by atomic mass is 19.4. The average molecular weight is 432 g/mol. The van der Waals surface area contributed by atoms with Crippen molar-refractivity contribution in [3.63, 3.8) is 0 Å². The summed E-state index contributed by atoms with van der Waals surface area (Å²) in [5.41, 5.74) is -0.402. The number of carbonyl (C=O) groups excluding carboxylic acids is 2. The summed E-state index contributed by atoms with van der Waals surface area (Å²) < 4.78 is 54.5. The fourth-order valence-electron chi connectivity index (χ4n) is 3.41. The maximum Gasteiger partial charge on any atom is 0.416 e. The molecule has 1 N–H and O–H groups in total. The van der Waals surface area contributed by atoms with Crippen molar-refractivity contribution in [2.75, 3.05) is 16.8 Å². The number of hydrogen-bond acceptors (Lipinski definition) is 3. The second-order valence-corrected chi connectivity index (χ2v) is 7.06. The van der Waals surface area contributed by atoms with E-state index in [-0.39, 0.29) is 30.0 Å². The predicted molar refractivity (Wildman–Crippen MR) is 104 cm³/mol. The number of anilines is 2. The zero-order valence-corrected chi connectivity index (χ0v) is 15.9. The van der Waals surface area contributed by atoms with Gasteiger partial charge in [-0.3, -0.25) is 9.59 Å². The van der Waals surface area contributed by atoms with Gasteiger partial charge in [0.05, 0.1) is 11.5 Å². The van der Waals surface area contributed by atoms with Gasteiger partial charge in [-0.15, -0.1) is 0 Å². The van der Waals surface area contributed by atoms with Gasteiger partial charge in [0.1, 0.15) is 5.69 Å². The molecule has 4 rings (SSSR count). The average Bonchev–Trinajstić information content (AvgIpc) is 3.37. The van der Waals surface area contributed by atoms with E-state index in [4.69, 9.17) is 0 Å². The Morgan fingerprint density at radius 3 is 2.61 bits per heavy atom. The molecule has 10 heteroatoms. The lowest BCUT2D eigenvalue weighted by molar-refractivity contribution is -0.137. The molecule has 2 aromatic carbocycles. The number of amides is 2. The molecule has 0 aliphatic carbocycles. The molecule has 1 unspecified atom stereocenters. The van der Waals surface area contributed by atoms with Gasteiger partial charge in [0.15, 0.2) is 5.82 Å². The molecule has 1 aromatic heterocycles. The van der Waals surface area contributed by atoms with Gasteiger partial charge in [-0.25, -0.2) is 9.07 Å². The standard InChI is InChI=1S/C21H16F4N4O2/c22-17-11-15(5-6-18(17)29-8-2-7-26-29)27-20(31)13-9-19(30)28(12-13)16-4-1-3-14(10-16)21(23,24)25/h1-8,10-11,13H,9,12H2,(H,27,31). The lowest BCUT2D eigenvalue weighted by atomic mass is 10.1. The van der Waals surface area contributed by atoms with Crippen LogP contribution >= 0.6 is 0 Å². The first-order valence-electron chi connectivity index (χ1n) is 9.30. The maximum absolute atomic E-state index is 14.4. The summed E-state index contributed by atoms with van der Waals surface area (Å²) >= 11 is 0. The lowest BCUT2D eigenvalue weighted by Gasteiger charge is -2.18. The van der Waals surface area contributed by atoms with E-state index in [0.29, 0.717) is 0 Å². The van der Waals surface area contributed by atoms with E-state index >= 15 is 0 Å². The van der Waals surface area contributed by atoms with Crippen LogP contribution in [0.2, 0.25) is 0 Å². The van der Waals surface area contributed by atoms with Gasteiger partial charge in [0, 0.05) is 36.7 Å². The van der Waals surface area contributed by atoms with Crippen LogP contribution in [0.1, 0.15) is 12.0 Å². The Hall–Kier alpha value is -3.69. The molecular formula is C21H16F4N4O2. The summed E-state index contributed by atoms with van der Waals surface area (Å²) in [6.07, 6.45) is -1.62. The Bertz CT molecular complexity index is 1130. The van der Waals surface area contributed by atoms with Gasteiger partial charge in [-0.1, -0.05) is 6.07 Å². The van der Waals surface area contributed by atoms with Gasteiger partial charge in [-0.2, -0.15) is 18.3 Å². The SMILES string of the molecule is O=C(Nc1ccc(-n2cccn2)c(F)c1)C1CC(=O)N(c2cccc(C(F)(F)F)c2)C1. The quantitative estimate of drug-likeness (QED) is 0.634. The Morgan fingerprint density at radius 2 is 1.94 bits per heavy atom. The van der Waals surface area contributed by atoms with Crippen LogP contribution in [0.25, 0.3) is 5.69 Å². The van der Waals surface area contributed by atoms with E-state index in [1.165, 1.54) is 35.1 Å². The number of hydrogen-bond donors (Lipinski definition) is 1. The third kappa shape index (κ3) is 4.27. The summed E-state index contributed by atoms with van der Waals surface area (Å²) in [6.45, 7) is -0.0696. The second-order valence-electron chi connectivity index (χ2n) is 7.06. The molecule has 1 aliphatic rings. The topological polar surface area (TPSA) is 67.2 Å². The highest BCUT2D eigenvalue weighted by molar-refractivity contribution is 6.03. The van der Waals surface area contributed by atoms with Crippen molar-refractivity contribution in [2.45, 2.75) is 12.6 Å². The first-order valence-corrected chi connectivity index (χ1v) is 9.30. The number of rotatable bonds is 4. The molecule has 1 atom stereocenters. The first kappa shape index (κ1) is 20.6. The molecule has 160 valence electrons. The molecule has 0 radical (unpaired) electrons. The molecule has 0 bridgehead atoms. The molecule has 1 aliphatic heterocycles. The number of nitrogens with zero attached hydrogens (tertiary/aromatic N) is 3. The van der Waals surface area contributed by atoms with Crippen LogP contribution in [0.15, 0.2) is 60.9 Å². The molecule has 1 saturated heterocycles. The highest BCUT2D eigenvalue weighted by Crippen LogP contribution is 2.33. The van der Waals surface area contributed by atoms with Gasteiger partial charge in [-0.05, 0) is 42.5 Å². The molecular weight excluding hydrogens is 416 g/mol. The lowest BCUT2D eigenvalue weighted by Crippen LogP contribution is -2.28. The van der Waals surface area contributed by atoms with Gasteiger partial charge in [0.2, 0.25) is 11.8 Å². The van der Waals surface area contributed by atoms with E-state index in [1.54, 1.807) is 12.3 Å². The number of carbonyl (C=O) groups is 2. The predicted octanol–water partition coefficient (Wildman–Crippen LogP) is 4.02. The van der Waals surface area contributed by atoms with Crippen LogP contribution in [0.4, 0.5) is 28.9 Å². The van der Waals surface area contributed by atoms with Crippen LogP contribution in [-0.4, -0.2) is 28.1 Å². The van der Waals surface area contributed by atoms with Crippen LogP contribution in [-0.2, 0) is 15.8 Å². The number of alkyl halides is 3. The largest absolute Gasteiger partial charge is 0.416 e. The van der Waals surface area contributed by atoms with Crippen molar-refractivity contribution < 1.29 is 27.2 Å². The first-order chi connectivity index (χ1) is 14.7. The molecule has 3 aromatic rings. The van der Waals surface area contributed by atoms with Gasteiger partial charge < -0.3 is 10.2 Å². The third-order valence-corrected chi connectivity index (χ3v) is 4.95. The summed E-state index contributed by atoms with van der Waals surface area (Å²) in [7, 11) is 0. The van der Waals surface area contributed by atoms with Crippen molar-refractivity contribution in [3.8, 4) is 5.69 Å². The Kier molecular flexibility index (Phi) is 5.22. The number of benzene rings is 2. The van der Waals surface area contributed by atoms with E-state index in [0.717, 1.165) is 23.1 Å². The highest BCUT2D eigenvalue weighted by Gasteiger charge is 2.37. The van der Waals surface area contributed by atoms with E-state index in [1.807, 2.05) is 0 Å². The minimum atomic E-state index is -4.54. The van der Waals surface area contributed by atoms with E-state index in [2.05, 4.69) is 10.4 Å². The fraction of sp³-hybridized carbons (Fsp3) is 0.190. The summed E-state index contributed by atoms with van der Waals surface area (Å²) in [5.74, 6) is -2.36. The van der Waals surface area contributed by atoms with Crippen molar-refractivity contribution >= 4 is 23.2 Å². The fourth-order valence-corrected chi connectivity index (χ4v) is 3.41. The minimum absolute atomic E-state index is 0.0696. The number of nitrogens with one attached hydrogen (secondary N) is 1. The van der Waals surface area contributed by atoms with E-state index < -0.39 is 35.3 Å². The van der Waals surface area contributed by atoms with Crippen LogP contribution in [0.3, 0.4) is 0 Å². The maximum atomic E-state index is 14.4. The van der Waals surface area contributed by atoms with Crippen molar-refractivity contribution in [3.05, 3.63) is 72.3 Å². The zero-order valence-electron chi connectivity index (χ0n) is 15.9. The minimum Gasteiger partial charge on any atom is -0.326 e. The number of aromatic nitrogens is 2. The number of halogens is 4. The van der Waals surface area contributed by atoms with Crippen molar-refractivity contribution in [2.24, 2.45) is 5.92 Å². The summed E-state index contributed by atoms with van der Waals surface area (Å²) in [4.78, 5) is 26.1. The second kappa shape index (κ2) is 7.86. The Balaban J connectivity index is 1.46. The summed E-state index contributed by atoms with van der Waals surface area (Å²) in [5, 5.41) is 6.50. The summed E-state index contributed by atoms with van der Waals surface area (Å²) in [6, 6.07) is 10.1. The van der Waals surface area contributed by atoms with Crippen LogP contribution < -0.4 is 10.2 Å². The molecule has 2 amide bonds. The Morgan fingerprint density at radius 1 is 1.13 bits per heavy atom. The molecule has 0 spiro atoms. The molecule has 0 saturated carbocycles. The van der Waals surface area contributed by atoms with Crippen LogP contribution in [0, 0.1) is 11.7 Å². The molecule has 1 fully saturated rings. The van der Waals surface area contributed by atoms with Gasteiger partial charge >= 0.3 is 6.18 Å².